The summed E-state index contributed by atoms with van der Waals surface area (Å²) in [5.41, 5.74) is 6.73. The van der Waals surface area contributed by atoms with Gasteiger partial charge in [0.1, 0.15) is 0 Å². The normalized spacial score (nSPS) is 18.0. The second-order valence-electron chi connectivity index (χ2n) is 7.33. The third kappa shape index (κ3) is 3.89. The number of primary amides is 1. The average molecular weight is 416 g/mol. The first kappa shape index (κ1) is 20.3. The van der Waals surface area contributed by atoms with E-state index in [-0.39, 0.29) is 12.2 Å². The fourth-order valence-electron chi connectivity index (χ4n) is 3.36. The summed E-state index contributed by atoms with van der Waals surface area (Å²) in [6, 6.07) is 10.6. The molecule has 1 aliphatic rings. The molecule has 1 saturated heterocycles. The number of hydrogen-bond acceptors (Lipinski definition) is 6. The number of hydrogen-bond donors (Lipinski definition) is 2. The molecule has 9 nitrogen and oxygen atoms in total. The highest BCUT2D eigenvalue weighted by molar-refractivity contribution is 5.91. The highest BCUT2D eigenvalue weighted by Gasteiger charge is 2.42. The van der Waals surface area contributed by atoms with Gasteiger partial charge in [0.05, 0.1) is 17.1 Å². The number of nitrogens with two attached hydrogens (primary N) is 1. The van der Waals surface area contributed by atoms with Crippen LogP contribution in [0.5, 0.6) is 0 Å². The Morgan fingerprint density at radius 3 is 2.61 bits per heavy atom. The third-order valence-electron chi connectivity index (χ3n) is 5.11. The highest BCUT2D eigenvalue weighted by Crippen LogP contribution is 2.25. The Kier molecular flexibility index (Phi) is 5.01. The molecule has 2 amide bonds. The predicted octanol–water partition coefficient (Wildman–Crippen LogP) is 0.588. The van der Waals surface area contributed by atoms with Crippen LogP contribution in [0.15, 0.2) is 42.6 Å². The molecule has 0 aliphatic carbocycles. The molecule has 1 aliphatic heterocycles. The van der Waals surface area contributed by atoms with E-state index in [1.165, 1.54) is 4.90 Å². The Morgan fingerprint density at radius 2 is 1.97 bits per heavy atom. The van der Waals surface area contributed by atoms with Gasteiger partial charge in [-0.3, -0.25) is 14.3 Å². The van der Waals surface area contributed by atoms with Crippen molar-refractivity contribution in [1.29, 1.82) is 0 Å². The van der Waals surface area contributed by atoms with E-state index in [9.17, 15) is 14.7 Å². The Hall–Kier alpha value is -4.03. The SMILES string of the molecule is CN1CC[C@@](O)(C#Cc2cccc(-c3cc(-c4ccnn4C)nc(C(N)=O)n3)c2)C1=O. The van der Waals surface area contributed by atoms with Gasteiger partial charge in [0.2, 0.25) is 11.4 Å². The van der Waals surface area contributed by atoms with Crippen LogP contribution in [-0.4, -0.2) is 60.8 Å². The van der Waals surface area contributed by atoms with E-state index in [0.717, 1.165) is 0 Å². The van der Waals surface area contributed by atoms with E-state index in [0.29, 0.717) is 34.8 Å². The fourth-order valence-corrected chi connectivity index (χ4v) is 3.36. The lowest BCUT2D eigenvalue weighted by Crippen LogP contribution is -2.37. The number of aliphatic hydroxyl groups is 1. The summed E-state index contributed by atoms with van der Waals surface area (Å²) in [7, 11) is 3.40. The Morgan fingerprint density at radius 1 is 1.19 bits per heavy atom. The van der Waals surface area contributed by atoms with Crippen molar-refractivity contribution in [2.45, 2.75) is 12.0 Å². The Bertz CT molecular complexity index is 1260. The number of carbonyl (C=O) groups excluding carboxylic acids is 2. The number of carbonyl (C=O) groups is 2. The molecule has 0 bridgehead atoms. The first-order valence-corrected chi connectivity index (χ1v) is 9.56. The maximum Gasteiger partial charge on any atom is 0.286 e. The predicted molar refractivity (Wildman–Crippen MR) is 112 cm³/mol. The molecular weight excluding hydrogens is 396 g/mol. The number of rotatable bonds is 3. The molecule has 0 radical (unpaired) electrons. The smallest absolute Gasteiger partial charge is 0.286 e. The molecule has 156 valence electrons. The van der Waals surface area contributed by atoms with Gasteiger partial charge in [0.25, 0.3) is 11.8 Å². The van der Waals surface area contributed by atoms with Crippen LogP contribution in [0, 0.1) is 11.8 Å². The van der Waals surface area contributed by atoms with Gasteiger partial charge in [-0.2, -0.15) is 5.10 Å². The van der Waals surface area contributed by atoms with Crippen molar-refractivity contribution in [2.24, 2.45) is 12.8 Å². The van der Waals surface area contributed by atoms with Crippen molar-refractivity contribution in [3.8, 4) is 34.5 Å². The molecule has 9 heteroatoms. The Labute approximate surface area is 178 Å². The number of nitrogens with zero attached hydrogens (tertiary/aromatic N) is 5. The van der Waals surface area contributed by atoms with Gasteiger partial charge in [0.15, 0.2) is 0 Å². The molecule has 0 unspecified atom stereocenters. The molecule has 0 spiro atoms. The summed E-state index contributed by atoms with van der Waals surface area (Å²) in [6.45, 7) is 0.456. The second kappa shape index (κ2) is 7.66. The van der Waals surface area contributed by atoms with Crippen LogP contribution in [0.1, 0.15) is 22.6 Å². The molecule has 3 aromatic rings. The van der Waals surface area contributed by atoms with E-state index < -0.39 is 17.4 Å². The first-order valence-electron chi connectivity index (χ1n) is 9.56. The largest absolute Gasteiger partial charge is 0.369 e. The molecule has 3 heterocycles. The molecule has 0 saturated carbocycles. The van der Waals surface area contributed by atoms with E-state index in [2.05, 4.69) is 26.9 Å². The molecule has 1 atom stereocenters. The highest BCUT2D eigenvalue weighted by atomic mass is 16.3. The minimum absolute atomic E-state index is 0.112. The molecule has 1 aromatic carbocycles. The monoisotopic (exact) mass is 416 g/mol. The van der Waals surface area contributed by atoms with Crippen molar-refractivity contribution in [3.63, 3.8) is 0 Å². The second-order valence-corrected chi connectivity index (χ2v) is 7.33. The number of aryl methyl sites for hydroxylation is 1. The lowest BCUT2D eigenvalue weighted by molar-refractivity contribution is -0.137. The van der Waals surface area contributed by atoms with Crippen molar-refractivity contribution in [2.75, 3.05) is 13.6 Å². The van der Waals surface area contributed by atoms with Crippen molar-refractivity contribution < 1.29 is 14.7 Å². The quantitative estimate of drug-likeness (QED) is 0.602. The number of aromatic nitrogens is 4. The molecular formula is C22H20N6O3. The molecule has 2 aromatic heterocycles. The van der Waals surface area contributed by atoms with Crippen LogP contribution in [0.3, 0.4) is 0 Å². The van der Waals surface area contributed by atoms with Crippen LogP contribution in [-0.2, 0) is 11.8 Å². The molecule has 1 fully saturated rings. The topological polar surface area (TPSA) is 127 Å². The summed E-state index contributed by atoms with van der Waals surface area (Å²) in [4.78, 5) is 33.9. The van der Waals surface area contributed by atoms with Gasteiger partial charge < -0.3 is 15.7 Å². The summed E-state index contributed by atoms with van der Waals surface area (Å²) >= 11 is 0. The lowest BCUT2D eigenvalue weighted by Gasteiger charge is -2.13. The lowest BCUT2D eigenvalue weighted by atomic mass is 10.0. The summed E-state index contributed by atoms with van der Waals surface area (Å²) < 4.78 is 1.63. The molecule has 4 rings (SSSR count). The van der Waals surface area contributed by atoms with Crippen molar-refractivity contribution in [3.05, 3.63) is 54.0 Å². The Balaban J connectivity index is 1.74. The van der Waals surface area contributed by atoms with E-state index in [1.54, 1.807) is 55.3 Å². The number of amides is 2. The van der Waals surface area contributed by atoms with Crippen molar-refractivity contribution >= 4 is 11.8 Å². The number of likely N-dealkylation sites (tertiary alicyclic amines) is 1. The summed E-state index contributed by atoms with van der Waals surface area (Å²) in [5, 5.41) is 14.6. The van der Waals surface area contributed by atoms with Gasteiger partial charge in [0, 0.05) is 44.4 Å². The van der Waals surface area contributed by atoms with Crippen LogP contribution in [0.4, 0.5) is 0 Å². The number of benzene rings is 1. The maximum absolute atomic E-state index is 12.1. The van der Waals surface area contributed by atoms with Gasteiger partial charge in [-0.15, -0.1) is 0 Å². The van der Waals surface area contributed by atoms with Gasteiger partial charge in [-0.1, -0.05) is 24.0 Å². The maximum atomic E-state index is 12.1. The van der Waals surface area contributed by atoms with Crippen LogP contribution in [0.25, 0.3) is 22.6 Å². The van der Waals surface area contributed by atoms with Gasteiger partial charge >= 0.3 is 0 Å². The minimum Gasteiger partial charge on any atom is -0.369 e. The van der Waals surface area contributed by atoms with Crippen molar-refractivity contribution in [1.82, 2.24) is 24.6 Å². The van der Waals surface area contributed by atoms with E-state index in [4.69, 9.17) is 5.73 Å². The number of likely N-dealkylation sites (N-methyl/N-ethyl adjacent to an activating group) is 1. The summed E-state index contributed by atoms with van der Waals surface area (Å²) in [5.74, 6) is 4.32. The zero-order valence-electron chi connectivity index (χ0n) is 17.0. The zero-order chi connectivity index (χ0) is 22.2. The molecule has 31 heavy (non-hydrogen) atoms. The van der Waals surface area contributed by atoms with E-state index in [1.807, 2.05) is 6.07 Å². The fraction of sp³-hybridized carbons (Fsp3) is 0.227. The van der Waals surface area contributed by atoms with Crippen LogP contribution < -0.4 is 5.73 Å². The zero-order valence-corrected chi connectivity index (χ0v) is 17.0. The third-order valence-corrected chi connectivity index (χ3v) is 5.11. The minimum atomic E-state index is -1.68. The van der Waals surface area contributed by atoms with Gasteiger partial charge in [-0.05, 0) is 24.3 Å². The first-order chi connectivity index (χ1) is 14.8. The standard InChI is InChI=1S/C22H20N6O3/c1-27-11-9-22(31,21(27)30)8-6-14-4-3-5-15(12-14)16-13-17(18-7-10-24-28(18)2)26-20(25-16)19(23)29/h3-5,7,10,12-13,31H,9,11H2,1-2H3,(H2,23,29)/t22-/m0/s1. The van der Waals surface area contributed by atoms with Crippen LogP contribution >= 0.6 is 0 Å². The molecule has 3 N–H and O–H groups in total. The van der Waals surface area contributed by atoms with E-state index >= 15 is 0 Å². The average Bonchev–Trinajstić information content (AvgIpc) is 3.31. The van der Waals surface area contributed by atoms with Gasteiger partial charge in [-0.25, -0.2) is 9.97 Å². The summed E-state index contributed by atoms with van der Waals surface area (Å²) in [6.07, 6.45) is 1.89. The van der Waals surface area contributed by atoms with Crippen LogP contribution in [0.2, 0.25) is 0 Å².